The minimum atomic E-state index is -0.783. The summed E-state index contributed by atoms with van der Waals surface area (Å²) in [5.74, 6) is -0.883. The van der Waals surface area contributed by atoms with Crippen LogP contribution >= 0.6 is 0 Å². The van der Waals surface area contributed by atoms with Gasteiger partial charge >= 0.3 is 17.9 Å². The molecule has 0 saturated carbocycles. The molecule has 0 aromatic carbocycles. The second kappa shape index (κ2) is 63.1. The van der Waals surface area contributed by atoms with Gasteiger partial charge in [0.1, 0.15) is 13.2 Å². The molecule has 0 bridgehead atoms. The van der Waals surface area contributed by atoms with E-state index in [0.29, 0.717) is 19.3 Å². The Morgan fingerprint density at radius 2 is 0.520 bits per heavy atom. The van der Waals surface area contributed by atoms with Gasteiger partial charge in [0.05, 0.1) is 0 Å². The van der Waals surface area contributed by atoms with Crippen molar-refractivity contribution >= 4 is 17.9 Å². The molecule has 0 saturated heterocycles. The van der Waals surface area contributed by atoms with Gasteiger partial charge in [-0.1, -0.05) is 286 Å². The molecule has 0 aliphatic rings. The second-order valence-electron chi connectivity index (χ2n) is 21.3. The highest BCUT2D eigenvalue weighted by molar-refractivity contribution is 5.71. The number of unbranched alkanes of at least 4 members (excludes halogenated alkanes) is 33. The van der Waals surface area contributed by atoms with Crippen LogP contribution in [0.2, 0.25) is 0 Å². The first-order valence-electron chi connectivity index (χ1n) is 32.1. The van der Waals surface area contributed by atoms with Crippen molar-refractivity contribution in [3.63, 3.8) is 0 Å². The smallest absolute Gasteiger partial charge is 0.306 e. The summed E-state index contributed by atoms with van der Waals surface area (Å²) in [6, 6.07) is 0. The van der Waals surface area contributed by atoms with Gasteiger partial charge in [-0.3, -0.25) is 14.4 Å². The summed E-state index contributed by atoms with van der Waals surface area (Å²) in [6.45, 7) is 6.54. The summed E-state index contributed by atoms with van der Waals surface area (Å²) in [6.07, 6.45) is 83.0. The monoisotopic (exact) mass is 1040 g/mol. The fourth-order valence-electron chi connectivity index (χ4n) is 9.09. The Morgan fingerprint density at radius 1 is 0.280 bits per heavy atom. The third-order valence-corrected chi connectivity index (χ3v) is 13.9. The Morgan fingerprint density at radius 3 is 0.827 bits per heavy atom. The lowest BCUT2D eigenvalue weighted by molar-refractivity contribution is -0.167. The van der Waals surface area contributed by atoms with E-state index in [9.17, 15) is 14.4 Å². The van der Waals surface area contributed by atoms with E-state index in [4.69, 9.17) is 14.2 Å². The normalized spacial score (nSPS) is 12.6. The van der Waals surface area contributed by atoms with Crippen molar-refractivity contribution in [3.8, 4) is 0 Å². The predicted octanol–water partition coefficient (Wildman–Crippen LogP) is 21.9. The molecule has 0 aliphatic carbocycles. The van der Waals surface area contributed by atoms with Gasteiger partial charge in [0, 0.05) is 19.3 Å². The summed E-state index contributed by atoms with van der Waals surface area (Å²) in [7, 11) is 0. The molecule has 432 valence electrons. The summed E-state index contributed by atoms with van der Waals surface area (Å²) in [5, 5.41) is 0. The fourth-order valence-corrected chi connectivity index (χ4v) is 9.09. The molecule has 0 heterocycles. The second-order valence-corrected chi connectivity index (χ2v) is 21.3. The Hall–Kier alpha value is -3.41. The largest absolute Gasteiger partial charge is 0.462 e. The first-order chi connectivity index (χ1) is 37.0. The van der Waals surface area contributed by atoms with Crippen LogP contribution in [0.25, 0.3) is 0 Å². The van der Waals surface area contributed by atoms with Crippen LogP contribution in [0.15, 0.2) is 85.1 Å². The molecular weight excluding hydrogens is 925 g/mol. The molecule has 0 spiro atoms. The molecule has 0 aromatic heterocycles. The highest BCUT2D eigenvalue weighted by atomic mass is 16.6. The zero-order valence-electron chi connectivity index (χ0n) is 49.6. The zero-order valence-corrected chi connectivity index (χ0v) is 49.6. The van der Waals surface area contributed by atoms with Gasteiger partial charge in [-0.25, -0.2) is 0 Å². The van der Waals surface area contributed by atoms with Crippen LogP contribution in [0.4, 0.5) is 0 Å². The molecule has 75 heavy (non-hydrogen) atoms. The zero-order chi connectivity index (χ0) is 54.3. The molecule has 0 fully saturated rings. The Balaban J connectivity index is 4.32. The van der Waals surface area contributed by atoms with Gasteiger partial charge in [0.2, 0.25) is 0 Å². The fraction of sp³-hybridized carbons (Fsp3) is 0.754. The van der Waals surface area contributed by atoms with Gasteiger partial charge in [0.25, 0.3) is 0 Å². The summed E-state index contributed by atoms with van der Waals surface area (Å²) < 4.78 is 16.9. The van der Waals surface area contributed by atoms with E-state index in [0.717, 1.165) is 116 Å². The van der Waals surface area contributed by atoms with Crippen LogP contribution in [0.5, 0.6) is 0 Å². The Bertz CT molecular complexity index is 1430. The van der Waals surface area contributed by atoms with E-state index in [1.807, 2.05) is 0 Å². The third-order valence-electron chi connectivity index (χ3n) is 13.9. The predicted molar refractivity (Wildman–Crippen MR) is 325 cm³/mol. The lowest BCUT2D eigenvalue weighted by atomic mass is 10.0. The molecule has 6 heteroatoms. The van der Waals surface area contributed by atoms with Crippen LogP contribution in [0, 0.1) is 0 Å². The van der Waals surface area contributed by atoms with E-state index in [1.54, 1.807) is 0 Å². The van der Waals surface area contributed by atoms with E-state index >= 15 is 0 Å². The van der Waals surface area contributed by atoms with Crippen molar-refractivity contribution in [2.75, 3.05) is 13.2 Å². The Kier molecular flexibility index (Phi) is 60.3. The standard InChI is InChI=1S/C69H120O6/c1-4-7-10-13-16-19-22-25-28-29-30-31-32-33-34-35-36-37-38-39-42-44-47-50-53-56-59-62-68(71)74-65-66(75-69(72)63-60-57-54-51-48-45-41-27-24-21-18-15-12-9-6-3)64-73-67(70)61-58-55-52-49-46-43-40-26-23-20-17-14-11-8-5-2/h7,10,16,19,25,27-28,30-31,33-34,36-37,41,66H,4-6,8-9,11-15,17-18,20-24,26,29,32,35,38-40,42-65H2,1-3H3/b10-7-,19-16-,28-25-,31-30-,34-33-,37-36-,41-27-. The van der Waals surface area contributed by atoms with Crippen LogP contribution in [-0.4, -0.2) is 37.2 Å². The highest BCUT2D eigenvalue weighted by Gasteiger charge is 2.19. The number of hydrogen-bond acceptors (Lipinski definition) is 6. The van der Waals surface area contributed by atoms with Crippen LogP contribution < -0.4 is 0 Å². The molecule has 0 aromatic rings. The van der Waals surface area contributed by atoms with Crippen LogP contribution in [-0.2, 0) is 28.6 Å². The van der Waals surface area contributed by atoms with Gasteiger partial charge < -0.3 is 14.2 Å². The summed E-state index contributed by atoms with van der Waals surface area (Å²) in [4.78, 5) is 38.3. The van der Waals surface area contributed by atoms with Gasteiger partial charge in [-0.2, -0.15) is 0 Å². The van der Waals surface area contributed by atoms with E-state index in [2.05, 4.69) is 106 Å². The van der Waals surface area contributed by atoms with Crippen molar-refractivity contribution in [3.05, 3.63) is 85.1 Å². The first-order valence-corrected chi connectivity index (χ1v) is 32.1. The van der Waals surface area contributed by atoms with Gasteiger partial charge in [0.15, 0.2) is 6.10 Å². The number of ether oxygens (including phenoxy) is 3. The maximum absolute atomic E-state index is 12.9. The minimum absolute atomic E-state index is 0.0790. The van der Waals surface area contributed by atoms with Crippen molar-refractivity contribution in [1.29, 1.82) is 0 Å². The number of esters is 3. The van der Waals surface area contributed by atoms with Crippen molar-refractivity contribution < 1.29 is 28.6 Å². The lowest BCUT2D eigenvalue weighted by Crippen LogP contribution is -2.30. The van der Waals surface area contributed by atoms with E-state index in [-0.39, 0.29) is 31.1 Å². The molecule has 0 rings (SSSR count). The number of rotatable bonds is 58. The lowest BCUT2D eigenvalue weighted by Gasteiger charge is -2.18. The molecule has 1 unspecified atom stereocenters. The molecule has 0 aliphatic heterocycles. The maximum atomic E-state index is 12.9. The molecule has 1 atom stereocenters. The van der Waals surface area contributed by atoms with Crippen LogP contribution in [0.1, 0.15) is 316 Å². The Labute approximate surface area is 465 Å². The molecule has 0 radical (unpaired) electrons. The maximum Gasteiger partial charge on any atom is 0.306 e. The quantitative estimate of drug-likeness (QED) is 0.0261. The molecule has 6 nitrogen and oxygen atoms in total. The highest BCUT2D eigenvalue weighted by Crippen LogP contribution is 2.16. The average Bonchev–Trinajstić information content (AvgIpc) is 3.41. The number of carbonyl (C=O) groups excluding carboxylic acids is 3. The SMILES string of the molecule is CC/C=C\C/C=C\C/C=C\C/C=C\C/C=C\C/C=C\CCCCCCCCCCC(=O)OCC(COC(=O)CCCCCCCCCCCCCCCCC)OC(=O)CCCCCCC/C=C\CCCCCCCC. The van der Waals surface area contributed by atoms with Crippen LogP contribution in [0.3, 0.4) is 0 Å². The number of allylic oxidation sites excluding steroid dienone is 14. The topological polar surface area (TPSA) is 78.9 Å². The molecule has 0 N–H and O–H groups in total. The minimum Gasteiger partial charge on any atom is -0.462 e. The van der Waals surface area contributed by atoms with Crippen molar-refractivity contribution in [2.24, 2.45) is 0 Å². The number of carbonyl (C=O) groups is 3. The number of hydrogen-bond donors (Lipinski definition) is 0. The van der Waals surface area contributed by atoms with E-state index < -0.39 is 6.10 Å². The van der Waals surface area contributed by atoms with Gasteiger partial charge in [-0.05, 0) is 96.3 Å². The van der Waals surface area contributed by atoms with E-state index in [1.165, 1.54) is 161 Å². The van der Waals surface area contributed by atoms with Gasteiger partial charge in [-0.15, -0.1) is 0 Å². The summed E-state index contributed by atoms with van der Waals surface area (Å²) >= 11 is 0. The van der Waals surface area contributed by atoms with Crippen molar-refractivity contribution in [2.45, 2.75) is 322 Å². The average molecular weight is 1050 g/mol. The molecular formula is C69H120O6. The third kappa shape index (κ3) is 61.3. The van der Waals surface area contributed by atoms with Crippen molar-refractivity contribution in [1.82, 2.24) is 0 Å². The first kappa shape index (κ1) is 71.6. The molecule has 0 amide bonds. The summed E-state index contributed by atoms with van der Waals surface area (Å²) in [5.41, 5.74) is 0.